The molecule has 0 aromatic heterocycles. The van der Waals surface area contributed by atoms with Crippen molar-refractivity contribution in [3.8, 4) is 0 Å². The SMILES string of the molecule is C1CO1.[Pb]. The Morgan fingerprint density at radius 3 is 1.50 bits per heavy atom. The molecule has 0 aliphatic carbocycles. The molecule has 2 heteroatoms. The molecule has 0 N–H and O–H groups in total. The van der Waals surface area contributed by atoms with E-state index in [9.17, 15) is 0 Å². The molecule has 1 rings (SSSR count). The summed E-state index contributed by atoms with van der Waals surface area (Å²) in [5.74, 6) is 0. The summed E-state index contributed by atoms with van der Waals surface area (Å²) in [6.07, 6.45) is 0. The van der Waals surface area contributed by atoms with Crippen LogP contribution >= 0.6 is 0 Å². The van der Waals surface area contributed by atoms with Gasteiger partial charge in [-0.05, 0) is 0 Å². The van der Waals surface area contributed by atoms with E-state index in [2.05, 4.69) is 4.74 Å². The third-order valence-corrected chi connectivity index (χ3v) is 0.204. The standard InChI is InChI=1S/C2H4O.Pb/c1-2-3-1;/h1-2H2;. The van der Waals surface area contributed by atoms with Crippen molar-refractivity contribution < 1.29 is 4.74 Å². The average molecular weight is 251 g/mol. The molecule has 1 aliphatic rings. The summed E-state index contributed by atoms with van der Waals surface area (Å²) < 4.78 is 4.50. The quantitative estimate of drug-likeness (QED) is 0.423. The van der Waals surface area contributed by atoms with Crippen LogP contribution in [-0.2, 0) is 4.74 Å². The second-order valence-corrected chi connectivity index (χ2v) is 0.612. The number of epoxide rings is 1. The Morgan fingerprint density at radius 2 is 1.50 bits per heavy atom. The molecule has 0 atom stereocenters. The van der Waals surface area contributed by atoms with E-state index in [-0.39, 0.29) is 27.3 Å². The van der Waals surface area contributed by atoms with E-state index in [1.54, 1.807) is 0 Å². The predicted octanol–water partition coefficient (Wildman–Crippen LogP) is -0.364. The molecule has 4 heavy (non-hydrogen) atoms. The van der Waals surface area contributed by atoms with E-state index in [0.717, 1.165) is 13.2 Å². The van der Waals surface area contributed by atoms with E-state index in [1.165, 1.54) is 0 Å². The van der Waals surface area contributed by atoms with Gasteiger partial charge in [0.15, 0.2) is 0 Å². The average Bonchev–Trinajstić information content (AvgIpc) is 1.46. The monoisotopic (exact) mass is 252 g/mol. The first kappa shape index (κ1) is 4.88. The van der Waals surface area contributed by atoms with Gasteiger partial charge in [0.25, 0.3) is 0 Å². The minimum absolute atomic E-state index is 0. The summed E-state index contributed by atoms with van der Waals surface area (Å²) in [5, 5.41) is 0. The Kier molecular flexibility index (Phi) is 2.61. The maximum absolute atomic E-state index is 4.50. The summed E-state index contributed by atoms with van der Waals surface area (Å²) in [5.41, 5.74) is 0. The molecular weight excluding hydrogens is 247 g/mol. The molecule has 1 saturated heterocycles. The van der Waals surface area contributed by atoms with Crippen LogP contribution < -0.4 is 0 Å². The van der Waals surface area contributed by atoms with Crippen LogP contribution in [0.1, 0.15) is 0 Å². The van der Waals surface area contributed by atoms with Crippen molar-refractivity contribution in [2.24, 2.45) is 0 Å². The molecule has 0 aromatic carbocycles. The molecule has 22 valence electrons. The molecule has 1 aliphatic heterocycles. The smallest absolute Gasteiger partial charge is 0.0701 e. The van der Waals surface area contributed by atoms with Gasteiger partial charge in [-0.1, -0.05) is 0 Å². The van der Waals surface area contributed by atoms with Crippen molar-refractivity contribution in [3.63, 3.8) is 0 Å². The van der Waals surface area contributed by atoms with Crippen LogP contribution in [0.2, 0.25) is 0 Å². The minimum atomic E-state index is 0. The fraction of sp³-hybridized carbons (Fsp3) is 1.00. The van der Waals surface area contributed by atoms with Gasteiger partial charge in [-0.25, -0.2) is 0 Å². The van der Waals surface area contributed by atoms with Gasteiger partial charge >= 0.3 is 0 Å². The summed E-state index contributed by atoms with van der Waals surface area (Å²) in [6.45, 7) is 2.00. The van der Waals surface area contributed by atoms with Crippen LogP contribution in [0.3, 0.4) is 0 Å². The number of rotatable bonds is 0. The number of hydrogen-bond acceptors (Lipinski definition) is 1. The van der Waals surface area contributed by atoms with Crippen LogP contribution in [0.5, 0.6) is 0 Å². The van der Waals surface area contributed by atoms with Crippen molar-refractivity contribution in [1.29, 1.82) is 0 Å². The maximum atomic E-state index is 4.50. The first-order valence-corrected chi connectivity index (χ1v) is 1.08. The minimum Gasteiger partial charge on any atom is -0.377 e. The van der Waals surface area contributed by atoms with Crippen molar-refractivity contribution in [2.75, 3.05) is 13.2 Å². The van der Waals surface area contributed by atoms with Crippen LogP contribution in [0, 0.1) is 0 Å². The summed E-state index contributed by atoms with van der Waals surface area (Å²) in [6, 6.07) is 0. The van der Waals surface area contributed by atoms with Gasteiger partial charge in [-0.3, -0.25) is 0 Å². The molecule has 0 spiro atoms. The van der Waals surface area contributed by atoms with Crippen molar-refractivity contribution in [2.45, 2.75) is 0 Å². The first-order chi connectivity index (χ1) is 1.50. The number of hydrogen-bond donors (Lipinski definition) is 0. The third kappa shape index (κ3) is 2.88. The Morgan fingerprint density at radius 1 is 1.25 bits per heavy atom. The second-order valence-electron chi connectivity index (χ2n) is 0.612. The van der Waals surface area contributed by atoms with Crippen LogP contribution in [0.4, 0.5) is 0 Å². The molecule has 0 unspecified atom stereocenters. The molecule has 0 saturated carbocycles. The molecule has 4 radical (unpaired) electrons. The van der Waals surface area contributed by atoms with Gasteiger partial charge in [0.05, 0.1) is 13.2 Å². The van der Waals surface area contributed by atoms with Crippen LogP contribution in [-0.4, -0.2) is 40.5 Å². The Hall–Kier alpha value is 0.882. The van der Waals surface area contributed by atoms with Crippen LogP contribution in [0.25, 0.3) is 0 Å². The van der Waals surface area contributed by atoms with Gasteiger partial charge in [-0.2, -0.15) is 0 Å². The Balaban J connectivity index is 0.0000000900. The fourth-order valence-corrected chi connectivity index (χ4v) is 0. The van der Waals surface area contributed by atoms with Gasteiger partial charge in [0.1, 0.15) is 0 Å². The Bertz CT molecular complexity index is 10.8. The molecule has 1 nitrogen and oxygen atoms in total. The van der Waals surface area contributed by atoms with Crippen molar-refractivity contribution >= 4 is 27.3 Å². The number of ether oxygens (including phenoxy) is 1. The van der Waals surface area contributed by atoms with Crippen LogP contribution in [0.15, 0.2) is 0 Å². The molecule has 0 amide bonds. The zero-order valence-corrected chi connectivity index (χ0v) is 6.21. The molecular formula is C2H4OPb. The zero-order valence-electron chi connectivity index (χ0n) is 2.32. The van der Waals surface area contributed by atoms with E-state index < -0.39 is 0 Å². The van der Waals surface area contributed by atoms with Crippen molar-refractivity contribution in [1.82, 2.24) is 0 Å². The van der Waals surface area contributed by atoms with E-state index >= 15 is 0 Å². The van der Waals surface area contributed by atoms with E-state index in [0.29, 0.717) is 0 Å². The molecule has 0 bridgehead atoms. The molecule has 0 aromatic rings. The third-order valence-electron chi connectivity index (χ3n) is 0.204. The maximum Gasteiger partial charge on any atom is 0.0701 e. The fourth-order valence-electron chi connectivity index (χ4n) is 0. The van der Waals surface area contributed by atoms with Crippen molar-refractivity contribution in [3.05, 3.63) is 0 Å². The second kappa shape index (κ2) is 2.14. The topological polar surface area (TPSA) is 12.5 Å². The zero-order chi connectivity index (χ0) is 2.12. The summed E-state index contributed by atoms with van der Waals surface area (Å²) in [7, 11) is 0. The van der Waals surface area contributed by atoms with Gasteiger partial charge in [-0.15, -0.1) is 0 Å². The first-order valence-electron chi connectivity index (χ1n) is 1.08. The molecule has 1 heterocycles. The van der Waals surface area contributed by atoms with E-state index in [4.69, 9.17) is 0 Å². The van der Waals surface area contributed by atoms with Gasteiger partial charge in [0, 0.05) is 27.3 Å². The van der Waals surface area contributed by atoms with Gasteiger partial charge in [0.2, 0.25) is 0 Å². The molecule has 1 fully saturated rings. The summed E-state index contributed by atoms with van der Waals surface area (Å²) >= 11 is 0. The largest absolute Gasteiger partial charge is 0.377 e. The van der Waals surface area contributed by atoms with E-state index in [1.807, 2.05) is 0 Å². The summed E-state index contributed by atoms with van der Waals surface area (Å²) in [4.78, 5) is 0. The predicted molar refractivity (Wildman–Crippen MR) is 16.6 cm³/mol. The van der Waals surface area contributed by atoms with Gasteiger partial charge < -0.3 is 4.74 Å². The normalized spacial score (nSPS) is 18.0. The Labute approximate surface area is 45.5 Å².